The van der Waals surface area contributed by atoms with Gasteiger partial charge < -0.3 is 0 Å². The first-order valence-corrected chi connectivity index (χ1v) is 2.69. The van der Waals surface area contributed by atoms with Crippen LogP contribution >= 0.6 is 12.4 Å². The molecular weight excluding hydrogens is 166 g/mol. The van der Waals surface area contributed by atoms with Gasteiger partial charge in [-0.25, -0.2) is 0 Å². The summed E-state index contributed by atoms with van der Waals surface area (Å²) in [7, 11) is -5.07. The molecule has 52 valence electrons. The van der Waals surface area contributed by atoms with Gasteiger partial charge in [-0.15, -0.1) is 12.4 Å². The van der Waals surface area contributed by atoms with Crippen LogP contribution in [0.4, 0.5) is 8.78 Å². The fraction of sp³-hybridized carbons (Fsp3) is 1.00. The number of hydrogen-bond donors (Lipinski definition) is 1. The van der Waals surface area contributed by atoms with E-state index in [1.54, 1.807) is 0 Å². The van der Waals surface area contributed by atoms with Crippen molar-refractivity contribution in [2.75, 3.05) is 0 Å². The molecule has 0 heterocycles. The van der Waals surface area contributed by atoms with Crippen molar-refractivity contribution in [3.63, 3.8) is 0 Å². The molecule has 0 bridgehead atoms. The minimum atomic E-state index is -5.07. The molecule has 0 aromatic rings. The molecule has 0 aliphatic carbocycles. The highest BCUT2D eigenvalue weighted by atomic mass is 35.5. The number of halogens is 3. The summed E-state index contributed by atoms with van der Waals surface area (Å²) in [6.45, 7) is 0. The molecule has 0 fully saturated rings. The molecule has 7 heteroatoms. The summed E-state index contributed by atoms with van der Waals surface area (Å²) in [6, 6.07) is 0. The lowest BCUT2D eigenvalue weighted by Gasteiger charge is -1.87. The van der Waals surface area contributed by atoms with Gasteiger partial charge in [-0.2, -0.15) is 17.2 Å². The van der Waals surface area contributed by atoms with Gasteiger partial charge >= 0.3 is 15.9 Å². The first-order valence-electron chi connectivity index (χ1n) is 1.19. The van der Waals surface area contributed by atoms with Crippen molar-refractivity contribution in [2.45, 2.75) is 5.76 Å². The molecule has 0 amide bonds. The van der Waals surface area contributed by atoms with Crippen LogP contribution in [0, 0.1) is 0 Å². The van der Waals surface area contributed by atoms with E-state index in [4.69, 9.17) is 13.0 Å². The van der Waals surface area contributed by atoms with Gasteiger partial charge in [0.1, 0.15) is 0 Å². The van der Waals surface area contributed by atoms with Gasteiger partial charge in [0.2, 0.25) is 0 Å². The number of hydrogen-bond acceptors (Lipinski definition) is 2. The van der Waals surface area contributed by atoms with Crippen molar-refractivity contribution in [1.29, 1.82) is 0 Å². The quantitative estimate of drug-likeness (QED) is 0.581. The summed E-state index contributed by atoms with van der Waals surface area (Å²) in [5, 5.41) is 0. The Hall–Kier alpha value is 0.0600. The van der Waals surface area contributed by atoms with Crippen LogP contribution in [0.3, 0.4) is 0 Å². The van der Waals surface area contributed by atoms with Crippen LogP contribution in [-0.2, 0) is 10.1 Å². The number of rotatable bonds is 1. The van der Waals surface area contributed by atoms with Crippen molar-refractivity contribution in [2.24, 2.45) is 0 Å². The predicted octanol–water partition coefficient (Wildman–Crippen LogP) is 0.519. The zero-order valence-corrected chi connectivity index (χ0v) is 5.05. The average molecular weight is 169 g/mol. The van der Waals surface area contributed by atoms with E-state index in [2.05, 4.69) is 0 Å². The maximum atomic E-state index is 10.7. The normalized spacial score (nSPS) is 11.0. The molecule has 1 N–H and O–H groups in total. The van der Waals surface area contributed by atoms with Crippen LogP contribution in [0.5, 0.6) is 0 Å². The highest BCUT2D eigenvalue weighted by Gasteiger charge is 2.18. The maximum absolute atomic E-state index is 10.7. The molecule has 8 heavy (non-hydrogen) atoms. The Morgan fingerprint density at radius 1 is 1.38 bits per heavy atom. The molecule has 0 atom stereocenters. The second kappa shape index (κ2) is 3.16. The minimum Gasteiger partial charge on any atom is -0.281 e. The largest absolute Gasteiger partial charge is 0.361 e. The van der Waals surface area contributed by atoms with Gasteiger partial charge in [0, 0.05) is 0 Å². The summed E-state index contributed by atoms with van der Waals surface area (Å²) in [5.74, 6) is -3.67. The van der Waals surface area contributed by atoms with E-state index in [0.717, 1.165) is 0 Å². The summed E-state index contributed by atoms with van der Waals surface area (Å²) in [6.07, 6.45) is 0. The van der Waals surface area contributed by atoms with Gasteiger partial charge in [0.05, 0.1) is 0 Å². The van der Waals surface area contributed by atoms with Crippen LogP contribution in [0.15, 0.2) is 0 Å². The highest BCUT2D eigenvalue weighted by Crippen LogP contribution is 1.98. The van der Waals surface area contributed by atoms with E-state index in [1.807, 2.05) is 0 Å². The summed E-state index contributed by atoms with van der Waals surface area (Å²) >= 11 is 0. The molecule has 3 nitrogen and oxygen atoms in total. The van der Waals surface area contributed by atoms with Crippen molar-refractivity contribution >= 4 is 22.5 Å². The van der Waals surface area contributed by atoms with Crippen LogP contribution in [0.2, 0.25) is 0 Å². The second-order valence-electron chi connectivity index (χ2n) is 0.776. The lowest BCUT2D eigenvalue weighted by molar-refractivity contribution is 0.217. The third-order valence-corrected chi connectivity index (χ3v) is 0.675. The number of alkyl halides is 2. The second-order valence-corrected chi connectivity index (χ2v) is 2.16. The van der Waals surface area contributed by atoms with Gasteiger partial charge in [0.25, 0.3) is 0 Å². The van der Waals surface area contributed by atoms with E-state index in [-0.39, 0.29) is 12.4 Å². The smallest absolute Gasteiger partial charge is 0.281 e. The zero-order valence-electron chi connectivity index (χ0n) is 3.41. The monoisotopic (exact) mass is 168 g/mol. The molecule has 0 aromatic carbocycles. The predicted molar refractivity (Wildman–Crippen MR) is 24.8 cm³/mol. The Bertz CT molecular complexity index is 139. The summed E-state index contributed by atoms with van der Waals surface area (Å²) in [5.41, 5.74) is 0. The molecule has 0 rings (SSSR count). The third-order valence-electron chi connectivity index (χ3n) is 0.225. The molecule has 0 spiro atoms. The summed E-state index contributed by atoms with van der Waals surface area (Å²) in [4.78, 5) is 0. The lowest BCUT2D eigenvalue weighted by atomic mass is 11.7. The van der Waals surface area contributed by atoms with Crippen LogP contribution in [-0.4, -0.2) is 18.7 Å². The van der Waals surface area contributed by atoms with Gasteiger partial charge in [0.15, 0.2) is 0 Å². The van der Waals surface area contributed by atoms with Crippen molar-refractivity contribution in [1.82, 2.24) is 0 Å². The molecule has 0 unspecified atom stereocenters. The molecule has 0 saturated heterocycles. The molecule has 0 aliphatic heterocycles. The zero-order chi connectivity index (χ0) is 6.08. The van der Waals surface area contributed by atoms with Gasteiger partial charge in [-0.1, -0.05) is 0 Å². The highest BCUT2D eigenvalue weighted by molar-refractivity contribution is 7.86. The van der Waals surface area contributed by atoms with Crippen LogP contribution in [0.1, 0.15) is 0 Å². The first-order chi connectivity index (χ1) is 2.94. The molecule has 0 aromatic heterocycles. The fourth-order valence-electron chi connectivity index (χ4n) is 0. The van der Waals surface area contributed by atoms with Crippen LogP contribution < -0.4 is 0 Å². The van der Waals surface area contributed by atoms with Crippen molar-refractivity contribution in [3.8, 4) is 0 Å². The van der Waals surface area contributed by atoms with E-state index in [9.17, 15) is 8.78 Å². The lowest BCUT2D eigenvalue weighted by Crippen LogP contribution is -2.07. The Morgan fingerprint density at radius 3 is 1.50 bits per heavy atom. The summed E-state index contributed by atoms with van der Waals surface area (Å²) < 4.78 is 47.0. The molecule has 0 radical (unpaired) electrons. The van der Waals surface area contributed by atoms with Gasteiger partial charge in [-0.3, -0.25) is 4.55 Å². The minimum absolute atomic E-state index is 0. The van der Waals surface area contributed by atoms with Crippen molar-refractivity contribution < 1.29 is 21.8 Å². The van der Waals surface area contributed by atoms with E-state index < -0.39 is 15.9 Å². The van der Waals surface area contributed by atoms with E-state index in [1.165, 1.54) is 0 Å². The van der Waals surface area contributed by atoms with Gasteiger partial charge in [-0.05, 0) is 0 Å². The fourth-order valence-corrected chi connectivity index (χ4v) is 0. The average Bonchev–Trinajstić information content (AvgIpc) is 1.31. The van der Waals surface area contributed by atoms with Crippen LogP contribution in [0.25, 0.3) is 0 Å². The van der Waals surface area contributed by atoms with E-state index in [0.29, 0.717) is 0 Å². The third kappa shape index (κ3) is 4.23. The van der Waals surface area contributed by atoms with E-state index >= 15 is 0 Å². The Kier molecular flexibility index (Phi) is 4.32. The molecular formula is CH3ClF2O3S. The molecule has 0 aliphatic rings. The Balaban J connectivity index is 0. The Labute approximate surface area is 50.9 Å². The maximum Gasteiger partial charge on any atom is 0.361 e. The topological polar surface area (TPSA) is 54.4 Å². The van der Waals surface area contributed by atoms with Crippen molar-refractivity contribution in [3.05, 3.63) is 0 Å². The SMILES string of the molecule is Cl.O=S(=O)(O)C(F)F. The standard InChI is InChI=1S/CH2F2O3S.ClH/c2-1(3)7(4,5)6;/h1H,(H,4,5,6);1H. The first kappa shape index (κ1) is 10.9. The Morgan fingerprint density at radius 2 is 1.50 bits per heavy atom. The molecule has 0 saturated carbocycles.